The third kappa shape index (κ3) is 4.76. The van der Waals surface area contributed by atoms with Gasteiger partial charge in [0, 0.05) is 0 Å². The Morgan fingerprint density at radius 1 is 1.33 bits per heavy atom. The number of ether oxygens (including phenoxy) is 1. The SMILES string of the molecule is O=C(COCC(F)(F)C(F)F)C1=CCCCCC1. The maximum atomic E-state index is 12.5. The molecule has 0 fully saturated rings. The second-order valence-electron chi connectivity index (χ2n) is 4.31. The van der Waals surface area contributed by atoms with Crippen LogP contribution in [0.1, 0.15) is 32.1 Å². The summed E-state index contributed by atoms with van der Waals surface area (Å²) in [5.41, 5.74) is 0.563. The molecule has 0 unspecified atom stereocenters. The minimum atomic E-state index is -4.20. The highest BCUT2D eigenvalue weighted by Gasteiger charge is 2.41. The highest BCUT2D eigenvalue weighted by Crippen LogP contribution is 2.23. The Morgan fingerprint density at radius 3 is 2.72 bits per heavy atom. The molecule has 0 atom stereocenters. The van der Waals surface area contributed by atoms with Crippen molar-refractivity contribution in [2.24, 2.45) is 0 Å². The van der Waals surface area contributed by atoms with Crippen molar-refractivity contribution in [3.63, 3.8) is 0 Å². The molecule has 6 heteroatoms. The van der Waals surface area contributed by atoms with Crippen LogP contribution in [0.25, 0.3) is 0 Å². The van der Waals surface area contributed by atoms with Crippen LogP contribution in [0.2, 0.25) is 0 Å². The number of allylic oxidation sites excluding steroid dienone is 1. The van der Waals surface area contributed by atoms with E-state index < -0.39 is 25.6 Å². The van der Waals surface area contributed by atoms with E-state index in [1.54, 1.807) is 6.08 Å². The molecule has 0 heterocycles. The molecular formula is C12H16F4O2. The first-order valence-electron chi connectivity index (χ1n) is 5.89. The molecule has 0 amide bonds. The topological polar surface area (TPSA) is 26.3 Å². The Bertz CT molecular complexity index is 313. The minimum absolute atomic E-state index is 0.387. The summed E-state index contributed by atoms with van der Waals surface area (Å²) in [5.74, 6) is -4.58. The molecule has 2 nitrogen and oxygen atoms in total. The fourth-order valence-electron chi connectivity index (χ4n) is 1.70. The fraction of sp³-hybridized carbons (Fsp3) is 0.750. The van der Waals surface area contributed by atoms with Crippen LogP contribution in [0, 0.1) is 0 Å². The van der Waals surface area contributed by atoms with E-state index in [2.05, 4.69) is 4.74 Å². The lowest BCUT2D eigenvalue weighted by atomic mass is 10.1. The van der Waals surface area contributed by atoms with Crippen molar-refractivity contribution in [2.75, 3.05) is 13.2 Å². The van der Waals surface area contributed by atoms with Crippen molar-refractivity contribution in [3.8, 4) is 0 Å². The van der Waals surface area contributed by atoms with Gasteiger partial charge in [-0.05, 0) is 31.3 Å². The average Bonchev–Trinajstić information content (AvgIpc) is 2.56. The average molecular weight is 268 g/mol. The van der Waals surface area contributed by atoms with Gasteiger partial charge in [0.15, 0.2) is 5.78 Å². The molecule has 104 valence electrons. The second kappa shape index (κ2) is 6.87. The molecule has 1 rings (SSSR count). The first-order chi connectivity index (χ1) is 8.43. The van der Waals surface area contributed by atoms with Gasteiger partial charge in [0.25, 0.3) is 0 Å². The zero-order valence-corrected chi connectivity index (χ0v) is 9.93. The van der Waals surface area contributed by atoms with Gasteiger partial charge in [0.05, 0.1) is 0 Å². The zero-order chi connectivity index (χ0) is 13.6. The predicted octanol–water partition coefficient (Wildman–Crippen LogP) is 3.36. The Kier molecular flexibility index (Phi) is 5.78. The van der Waals surface area contributed by atoms with E-state index in [-0.39, 0.29) is 5.78 Å². The fourth-order valence-corrected chi connectivity index (χ4v) is 1.70. The molecule has 0 aromatic rings. The number of carbonyl (C=O) groups excluding carboxylic acids is 1. The largest absolute Gasteiger partial charge is 0.367 e. The monoisotopic (exact) mass is 268 g/mol. The van der Waals surface area contributed by atoms with Crippen molar-refractivity contribution < 1.29 is 27.1 Å². The molecule has 0 radical (unpaired) electrons. The van der Waals surface area contributed by atoms with Gasteiger partial charge in [0.2, 0.25) is 0 Å². The maximum Gasteiger partial charge on any atom is 0.330 e. The van der Waals surface area contributed by atoms with Crippen molar-refractivity contribution in [3.05, 3.63) is 11.6 Å². The summed E-state index contributed by atoms with van der Waals surface area (Å²) in [5, 5.41) is 0. The van der Waals surface area contributed by atoms with Gasteiger partial charge in [-0.25, -0.2) is 8.78 Å². The van der Waals surface area contributed by atoms with Gasteiger partial charge in [0.1, 0.15) is 13.2 Å². The molecule has 0 aromatic carbocycles. The van der Waals surface area contributed by atoms with Crippen LogP contribution < -0.4 is 0 Å². The molecule has 0 saturated carbocycles. The zero-order valence-electron chi connectivity index (χ0n) is 9.93. The Morgan fingerprint density at radius 2 is 2.06 bits per heavy atom. The number of halogens is 4. The molecule has 0 N–H and O–H groups in total. The second-order valence-corrected chi connectivity index (χ2v) is 4.31. The molecule has 0 bridgehead atoms. The number of ketones is 1. The normalized spacial score (nSPS) is 17.5. The summed E-state index contributed by atoms with van der Waals surface area (Å²) >= 11 is 0. The number of alkyl halides is 4. The van der Waals surface area contributed by atoms with Crippen molar-refractivity contribution in [2.45, 2.75) is 44.5 Å². The number of hydrogen-bond donors (Lipinski definition) is 0. The Balaban J connectivity index is 2.35. The van der Waals surface area contributed by atoms with E-state index in [4.69, 9.17) is 0 Å². The highest BCUT2D eigenvalue weighted by molar-refractivity contribution is 5.96. The van der Waals surface area contributed by atoms with Crippen LogP contribution in [0.3, 0.4) is 0 Å². The molecule has 1 aliphatic carbocycles. The first-order valence-corrected chi connectivity index (χ1v) is 5.89. The lowest BCUT2D eigenvalue weighted by molar-refractivity contribution is -0.167. The third-order valence-corrected chi connectivity index (χ3v) is 2.75. The van der Waals surface area contributed by atoms with E-state index in [1.165, 1.54) is 0 Å². The smallest absolute Gasteiger partial charge is 0.330 e. The molecule has 0 saturated heterocycles. The van der Waals surface area contributed by atoms with Crippen molar-refractivity contribution in [1.82, 2.24) is 0 Å². The Labute approximate surface area is 103 Å². The van der Waals surface area contributed by atoms with Gasteiger partial charge in [-0.2, -0.15) is 8.78 Å². The van der Waals surface area contributed by atoms with Gasteiger partial charge in [-0.3, -0.25) is 4.79 Å². The lowest BCUT2D eigenvalue weighted by Crippen LogP contribution is -2.33. The molecular weight excluding hydrogens is 252 g/mol. The number of carbonyl (C=O) groups is 1. The summed E-state index contributed by atoms with van der Waals surface area (Å²) in [4.78, 5) is 11.6. The molecule has 0 spiro atoms. The summed E-state index contributed by atoms with van der Waals surface area (Å²) in [6.07, 6.45) is 2.31. The summed E-state index contributed by atoms with van der Waals surface area (Å²) in [7, 11) is 0. The van der Waals surface area contributed by atoms with E-state index in [9.17, 15) is 22.4 Å². The van der Waals surface area contributed by atoms with Crippen molar-refractivity contribution >= 4 is 5.78 Å². The third-order valence-electron chi connectivity index (χ3n) is 2.75. The minimum Gasteiger partial charge on any atom is -0.367 e. The molecule has 1 aliphatic rings. The van der Waals surface area contributed by atoms with Crippen LogP contribution in [0.15, 0.2) is 11.6 Å². The van der Waals surface area contributed by atoms with Crippen LogP contribution in [-0.2, 0) is 9.53 Å². The van der Waals surface area contributed by atoms with Gasteiger partial charge >= 0.3 is 12.3 Å². The highest BCUT2D eigenvalue weighted by atomic mass is 19.3. The predicted molar refractivity (Wildman–Crippen MR) is 57.9 cm³/mol. The number of rotatable bonds is 6. The van der Waals surface area contributed by atoms with Crippen molar-refractivity contribution in [1.29, 1.82) is 0 Å². The summed E-state index contributed by atoms with van der Waals surface area (Å²) < 4.78 is 53.0. The lowest BCUT2D eigenvalue weighted by Gasteiger charge is -2.15. The molecule has 18 heavy (non-hydrogen) atoms. The molecule has 0 aliphatic heterocycles. The first kappa shape index (κ1) is 15.1. The number of Topliss-reactive ketones (excluding diaryl/α,β-unsaturated/α-hetero) is 1. The number of hydrogen-bond acceptors (Lipinski definition) is 2. The quantitative estimate of drug-likeness (QED) is 0.690. The summed E-state index contributed by atoms with van der Waals surface area (Å²) in [6, 6.07) is 0. The van der Waals surface area contributed by atoms with Gasteiger partial charge < -0.3 is 4.74 Å². The van der Waals surface area contributed by atoms with Gasteiger partial charge in [-0.15, -0.1) is 0 Å². The van der Waals surface area contributed by atoms with Crippen LogP contribution in [0.4, 0.5) is 17.6 Å². The molecule has 0 aromatic heterocycles. The maximum absolute atomic E-state index is 12.5. The van der Waals surface area contributed by atoms with E-state index >= 15 is 0 Å². The standard InChI is InChI=1S/C12H16F4O2/c13-11(14)12(15,16)8-18-7-10(17)9-5-3-1-2-4-6-9/h5,11H,1-4,6-8H2. The van der Waals surface area contributed by atoms with E-state index in [1.807, 2.05) is 0 Å². The van der Waals surface area contributed by atoms with E-state index in [0.717, 1.165) is 25.7 Å². The van der Waals surface area contributed by atoms with Gasteiger partial charge in [-0.1, -0.05) is 12.5 Å². The summed E-state index contributed by atoms with van der Waals surface area (Å²) in [6.45, 7) is -1.99. The van der Waals surface area contributed by atoms with E-state index in [0.29, 0.717) is 12.0 Å². The van der Waals surface area contributed by atoms with Crippen LogP contribution in [-0.4, -0.2) is 31.3 Å². The van der Waals surface area contributed by atoms with Crippen LogP contribution in [0.5, 0.6) is 0 Å². The van der Waals surface area contributed by atoms with Crippen LogP contribution >= 0.6 is 0 Å². The Hall–Kier alpha value is -0.910.